The number of aliphatic carboxylic acids is 1. The fourth-order valence-electron chi connectivity index (χ4n) is 3.84. The average molecular weight is 385 g/mol. The highest BCUT2D eigenvalue weighted by Crippen LogP contribution is 2.30. The molecule has 26 heavy (non-hydrogen) atoms. The minimum atomic E-state index is -3.71. The summed E-state index contributed by atoms with van der Waals surface area (Å²) in [4.78, 5) is 25.5. The largest absolute Gasteiger partial charge is 0.480 e. The SMILES string of the molecule is Cc1noc(C)c1S(=O)(=O)N1CCC(C(=O)N2CCCC2C(=O)O)CC1. The van der Waals surface area contributed by atoms with Crippen LogP contribution in [0.25, 0.3) is 0 Å². The van der Waals surface area contributed by atoms with Gasteiger partial charge in [0.25, 0.3) is 0 Å². The van der Waals surface area contributed by atoms with Crippen molar-refractivity contribution in [1.29, 1.82) is 0 Å². The Morgan fingerprint density at radius 2 is 1.81 bits per heavy atom. The van der Waals surface area contributed by atoms with Crippen LogP contribution in [0.2, 0.25) is 0 Å². The van der Waals surface area contributed by atoms with Crippen molar-refractivity contribution in [2.75, 3.05) is 19.6 Å². The highest BCUT2D eigenvalue weighted by atomic mass is 32.2. The van der Waals surface area contributed by atoms with Gasteiger partial charge in [-0.3, -0.25) is 4.79 Å². The summed E-state index contributed by atoms with van der Waals surface area (Å²) in [5.41, 5.74) is 0.321. The molecule has 2 saturated heterocycles. The summed E-state index contributed by atoms with van der Waals surface area (Å²) in [6.45, 7) is 4.03. The first-order chi connectivity index (χ1) is 12.2. The Balaban J connectivity index is 1.68. The number of carboxylic acid groups (broad SMARTS) is 1. The lowest BCUT2D eigenvalue weighted by molar-refractivity contribution is -0.150. The summed E-state index contributed by atoms with van der Waals surface area (Å²) < 4.78 is 31.9. The maximum Gasteiger partial charge on any atom is 0.326 e. The van der Waals surface area contributed by atoms with Crippen molar-refractivity contribution < 1.29 is 27.6 Å². The summed E-state index contributed by atoms with van der Waals surface area (Å²) >= 11 is 0. The van der Waals surface area contributed by atoms with E-state index in [2.05, 4.69) is 5.16 Å². The normalized spacial score (nSPS) is 22.7. The molecule has 10 heteroatoms. The van der Waals surface area contributed by atoms with Gasteiger partial charge >= 0.3 is 5.97 Å². The number of carbonyl (C=O) groups excluding carboxylic acids is 1. The molecule has 3 heterocycles. The lowest BCUT2D eigenvalue weighted by Crippen LogP contribution is -2.47. The van der Waals surface area contributed by atoms with Crippen molar-refractivity contribution in [2.24, 2.45) is 5.92 Å². The number of amides is 1. The molecule has 3 rings (SSSR count). The smallest absolute Gasteiger partial charge is 0.326 e. The maximum atomic E-state index is 12.8. The van der Waals surface area contributed by atoms with Crippen LogP contribution in [-0.4, -0.2) is 65.4 Å². The minimum absolute atomic E-state index is 0.0905. The Morgan fingerprint density at radius 1 is 1.15 bits per heavy atom. The number of sulfonamides is 1. The van der Waals surface area contributed by atoms with E-state index in [9.17, 15) is 23.1 Å². The van der Waals surface area contributed by atoms with E-state index in [-0.39, 0.29) is 35.6 Å². The second kappa shape index (κ2) is 6.99. The molecule has 2 aliphatic heterocycles. The molecule has 0 radical (unpaired) electrons. The van der Waals surface area contributed by atoms with Gasteiger partial charge in [0.1, 0.15) is 16.6 Å². The van der Waals surface area contributed by atoms with Gasteiger partial charge in [-0.1, -0.05) is 5.16 Å². The van der Waals surface area contributed by atoms with Crippen LogP contribution in [0.15, 0.2) is 9.42 Å². The molecule has 2 fully saturated rings. The molecule has 9 nitrogen and oxygen atoms in total. The number of hydrogen-bond donors (Lipinski definition) is 1. The monoisotopic (exact) mass is 385 g/mol. The molecule has 0 aromatic carbocycles. The molecule has 1 N–H and O–H groups in total. The van der Waals surface area contributed by atoms with Gasteiger partial charge < -0.3 is 14.5 Å². The molecular formula is C16H23N3O6S. The fraction of sp³-hybridized carbons (Fsp3) is 0.688. The lowest BCUT2D eigenvalue weighted by Gasteiger charge is -2.33. The topological polar surface area (TPSA) is 121 Å². The zero-order valence-electron chi connectivity index (χ0n) is 14.8. The van der Waals surface area contributed by atoms with Crippen molar-refractivity contribution in [1.82, 2.24) is 14.4 Å². The molecule has 0 spiro atoms. The molecule has 1 atom stereocenters. The van der Waals surface area contributed by atoms with E-state index in [0.29, 0.717) is 37.9 Å². The fourth-order valence-corrected chi connectivity index (χ4v) is 5.60. The van der Waals surface area contributed by atoms with Crippen LogP contribution in [-0.2, 0) is 19.6 Å². The zero-order valence-corrected chi connectivity index (χ0v) is 15.7. The van der Waals surface area contributed by atoms with Gasteiger partial charge in [0.2, 0.25) is 15.9 Å². The first-order valence-electron chi connectivity index (χ1n) is 8.69. The standard InChI is InChI=1S/C16H23N3O6S/c1-10-14(11(2)25-17-10)26(23,24)18-8-5-12(6-9-18)15(20)19-7-3-4-13(19)16(21)22/h12-13H,3-9H2,1-2H3,(H,21,22). The van der Waals surface area contributed by atoms with Gasteiger partial charge in [-0.2, -0.15) is 4.31 Å². The Labute approximate surface area is 152 Å². The van der Waals surface area contributed by atoms with Gasteiger partial charge in [0.15, 0.2) is 5.76 Å². The zero-order chi connectivity index (χ0) is 19.1. The quantitative estimate of drug-likeness (QED) is 0.812. The number of likely N-dealkylation sites (tertiary alicyclic amines) is 1. The van der Waals surface area contributed by atoms with Crippen LogP contribution in [0.3, 0.4) is 0 Å². The van der Waals surface area contributed by atoms with Gasteiger partial charge in [0, 0.05) is 25.6 Å². The van der Waals surface area contributed by atoms with Crippen LogP contribution in [0.4, 0.5) is 0 Å². The van der Waals surface area contributed by atoms with Crippen molar-refractivity contribution >= 4 is 21.9 Å². The predicted octanol–water partition coefficient (Wildman–Crippen LogP) is 0.768. The average Bonchev–Trinajstić information content (AvgIpc) is 3.21. The van der Waals surface area contributed by atoms with Crippen LogP contribution < -0.4 is 0 Å². The lowest BCUT2D eigenvalue weighted by atomic mass is 9.96. The minimum Gasteiger partial charge on any atom is -0.480 e. The molecule has 2 aliphatic rings. The number of rotatable bonds is 4. The number of carboxylic acids is 1. The van der Waals surface area contributed by atoms with E-state index in [1.165, 1.54) is 9.21 Å². The van der Waals surface area contributed by atoms with E-state index < -0.39 is 22.0 Å². The molecule has 1 aromatic rings. The van der Waals surface area contributed by atoms with Crippen molar-refractivity contribution in [2.45, 2.75) is 50.5 Å². The number of piperidine rings is 1. The number of hydrogen-bond acceptors (Lipinski definition) is 6. The number of aryl methyl sites for hydroxylation is 2. The highest BCUT2D eigenvalue weighted by Gasteiger charge is 2.40. The molecular weight excluding hydrogens is 362 g/mol. The third kappa shape index (κ3) is 3.23. The molecule has 1 unspecified atom stereocenters. The summed E-state index contributed by atoms with van der Waals surface area (Å²) in [5.74, 6) is -1.24. The Bertz CT molecular complexity index is 790. The Kier molecular flexibility index (Phi) is 5.07. The van der Waals surface area contributed by atoms with Gasteiger partial charge in [-0.25, -0.2) is 13.2 Å². The summed E-state index contributed by atoms with van der Waals surface area (Å²) in [5, 5.41) is 12.9. The first-order valence-corrected chi connectivity index (χ1v) is 10.1. The molecule has 1 aromatic heterocycles. The summed E-state index contributed by atoms with van der Waals surface area (Å²) in [6, 6.07) is -0.758. The Morgan fingerprint density at radius 3 is 2.35 bits per heavy atom. The first kappa shape index (κ1) is 18.8. The summed E-state index contributed by atoms with van der Waals surface area (Å²) in [6.07, 6.45) is 1.91. The third-order valence-corrected chi connectivity index (χ3v) is 7.33. The number of carbonyl (C=O) groups is 2. The van der Waals surface area contributed by atoms with Gasteiger partial charge in [-0.15, -0.1) is 0 Å². The van der Waals surface area contributed by atoms with E-state index in [1.807, 2.05) is 0 Å². The van der Waals surface area contributed by atoms with E-state index >= 15 is 0 Å². The third-order valence-electron chi connectivity index (χ3n) is 5.19. The predicted molar refractivity (Wildman–Crippen MR) is 89.8 cm³/mol. The summed E-state index contributed by atoms with van der Waals surface area (Å²) in [7, 11) is -3.71. The van der Waals surface area contributed by atoms with Crippen LogP contribution in [0.5, 0.6) is 0 Å². The van der Waals surface area contributed by atoms with Crippen LogP contribution >= 0.6 is 0 Å². The van der Waals surface area contributed by atoms with E-state index in [4.69, 9.17) is 4.52 Å². The second-order valence-electron chi connectivity index (χ2n) is 6.86. The second-order valence-corrected chi connectivity index (χ2v) is 8.73. The van der Waals surface area contributed by atoms with Crippen LogP contribution in [0, 0.1) is 19.8 Å². The van der Waals surface area contributed by atoms with Crippen LogP contribution in [0.1, 0.15) is 37.1 Å². The Hall–Kier alpha value is -1.94. The van der Waals surface area contributed by atoms with E-state index in [0.717, 1.165) is 0 Å². The van der Waals surface area contributed by atoms with Gasteiger partial charge in [0.05, 0.1) is 0 Å². The highest BCUT2D eigenvalue weighted by molar-refractivity contribution is 7.89. The molecule has 0 aliphatic carbocycles. The maximum absolute atomic E-state index is 12.8. The van der Waals surface area contributed by atoms with Gasteiger partial charge in [-0.05, 0) is 39.5 Å². The molecule has 0 bridgehead atoms. The van der Waals surface area contributed by atoms with Crippen molar-refractivity contribution in [3.63, 3.8) is 0 Å². The number of aromatic nitrogens is 1. The van der Waals surface area contributed by atoms with E-state index in [1.54, 1.807) is 13.8 Å². The molecule has 144 valence electrons. The molecule has 1 amide bonds. The number of nitrogens with zero attached hydrogens (tertiary/aromatic N) is 3. The molecule has 0 saturated carbocycles. The van der Waals surface area contributed by atoms with Crippen molar-refractivity contribution in [3.05, 3.63) is 11.5 Å². The van der Waals surface area contributed by atoms with Crippen molar-refractivity contribution in [3.8, 4) is 0 Å².